The van der Waals surface area contributed by atoms with Crippen molar-refractivity contribution in [2.45, 2.75) is 6.36 Å². The first kappa shape index (κ1) is 19.7. The summed E-state index contributed by atoms with van der Waals surface area (Å²) in [5, 5.41) is 20.9. The van der Waals surface area contributed by atoms with Gasteiger partial charge in [-0.2, -0.15) is 0 Å². The van der Waals surface area contributed by atoms with E-state index in [0.29, 0.717) is 17.8 Å². The minimum atomic E-state index is -5.12. The number of nitro benzene ring substituents is 1. The number of nitrogens with zero attached hydrogens (tertiary/aromatic N) is 4. The Morgan fingerprint density at radius 3 is 2.41 bits per heavy atom. The molecule has 0 aliphatic rings. The van der Waals surface area contributed by atoms with Gasteiger partial charge < -0.3 is 4.74 Å². The Morgan fingerprint density at radius 2 is 1.83 bits per heavy atom. The van der Waals surface area contributed by atoms with Gasteiger partial charge in [0.1, 0.15) is 5.69 Å². The first-order valence-electron chi connectivity index (χ1n) is 7.83. The molecule has 9 nitrogen and oxygen atoms in total. The van der Waals surface area contributed by atoms with E-state index in [-0.39, 0.29) is 11.5 Å². The number of benzene rings is 2. The zero-order chi connectivity index (χ0) is 21.0. The number of hydrogen-bond acceptors (Lipinski definition) is 7. The van der Waals surface area contributed by atoms with Crippen molar-refractivity contribution in [3.05, 3.63) is 70.4 Å². The van der Waals surface area contributed by atoms with Gasteiger partial charge in [-0.3, -0.25) is 20.2 Å². The summed E-state index contributed by atoms with van der Waals surface area (Å²) in [4.78, 5) is 26.1. The van der Waals surface area contributed by atoms with Crippen LogP contribution in [0.25, 0.3) is 11.3 Å². The molecular formula is C17H10F3N5O4. The Labute approximate surface area is 160 Å². The molecule has 0 bridgehead atoms. The molecule has 0 atom stereocenters. The molecule has 3 rings (SSSR count). The molecule has 0 aliphatic heterocycles. The van der Waals surface area contributed by atoms with Crippen LogP contribution in [0.4, 0.5) is 24.8 Å². The summed E-state index contributed by atoms with van der Waals surface area (Å²) in [7, 11) is 0. The van der Waals surface area contributed by atoms with Crippen LogP contribution in [0, 0.1) is 10.1 Å². The topological polar surface area (TPSA) is 120 Å². The van der Waals surface area contributed by atoms with Crippen LogP contribution in [0.3, 0.4) is 0 Å². The second-order valence-corrected chi connectivity index (χ2v) is 5.47. The maximum Gasteiger partial charge on any atom is 0.573 e. The van der Waals surface area contributed by atoms with Crippen LogP contribution in [0.2, 0.25) is 0 Å². The molecular weight excluding hydrogens is 395 g/mol. The average Bonchev–Trinajstić information content (AvgIpc) is 2.68. The van der Waals surface area contributed by atoms with Crippen LogP contribution in [0.15, 0.2) is 54.7 Å². The predicted octanol–water partition coefficient (Wildman–Crippen LogP) is 3.60. The second kappa shape index (κ2) is 7.88. The minimum Gasteiger partial charge on any atom is -0.398 e. The molecule has 0 saturated heterocycles. The van der Waals surface area contributed by atoms with Crippen molar-refractivity contribution >= 4 is 17.5 Å². The smallest absolute Gasteiger partial charge is 0.398 e. The number of aromatic nitrogens is 3. The summed E-state index contributed by atoms with van der Waals surface area (Å²) in [6, 6.07) is 11.3. The van der Waals surface area contributed by atoms with Gasteiger partial charge in [-0.05, 0) is 12.1 Å². The predicted molar refractivity (Wildman–Crippen MR) is 93.0 cm³/mol. The van der Waals surface area contributed by atoms with Gasteiger partial charge >= 0.3 is 12.0 Å². The van der Waals surface area contributed by atoms with Gasteiger partial charge in [-0.25, -0.2) is 4.98 Å². The normalized spacial score (nSPS) is 11.0. The molecule has 0 unspecified atom stereocenters. The molecule has 29 heavy (non-hydrogen) atoms. The third-order valence-corrected chi connectivity index (χ3v) is 3.50. The van der Waals surface area contributed by atoms with Crippen molar-refractivity contribution in [1.29, 1.82) is 0 Å². The molecule has 0 fully saturated rings. The summed E-state index contributed by atoms with van der Waals surface area (Å²) in [6.07, 6.45) is -3.75. The molecule has 0 spiro atoms. The molecule has 0 aliphatic carbocycles. The van der Waals surface area contributed by atoms with Crippen molar-refractivity contribution in [2.24, 2.45) is 0 Å². The zero-order valence-electron chi connectivity index (χ0n) is 14.3. The van der Waals surface area contributed by atoms with Crippen molar-refractivity contribution in [3.63, 3.8) is 0 Å². The van der Waals surface area contributed by atoms with Crippen molar-refractivity contribution in [3.8, 4) is 17.0 Å². The number of amides is 1. The number of anilines is 1. The number of carbonyl (C=O) groups is 1. The van der Waals surface area contributed by atoms with Crippen molar-refractivity contribution < 1.29 is 27.6 Å². The van der Waals surface area contributed by atoms with Crippen LogP contribution >= 0.6 is 0 Å². The highest BCUT2D eigenvalue weighted by Crippen LogP contribution is 2.32. The van der Waals surface area contributed by atoms with Gasteiger partial charge in [0.2, 0.25) is 11.7 Å². The van der Waals surface area contributed by atoms with E-state index in [1.165, 1.54) is 6.20 Å². The van der Waals surface area contributed by atoms with E-state index in [1.807, 2.05) is 6.07 Å². The largest absolute Gasteiger partial charge is 0.573 e. The lowest BCUT2D eigenvalue weighted by Crippen LogP contribution is -2.19. The fourth-order valence-corrected chi connectivity index (χ4v) is 2.26. The highest BCUT2D eigenvalue weighted by atomic mass is 19.4. The number of carbonyl (C=O) groups excluding carboxylic acids is 1. The van der Waals surface area contributed by atoms with Gasteiger partial charge in [0.15, 0.2) is 0 Å². The number of rotatable bonds is 5. The zero-order valence-corrected chi connectivity index (χ0v) is 14.3. The Hall–Kier alpha value is -4.09. The minimum absolute atomic E-state index is 0.187. The second-order valence-electron chi connectivity index (χ2n) is 5.47. The van der Waals surface area contributed by atoms with E-state index in [4.69, 9.17) is 0 Å². The van der Waals surface area contributed by atoms with E-state index in [0.717, 1.165) is 11.6 Å². The van der Waals surface area contributed by atoms with E-state index < -0.39 is 28.6 Å². The highest BCUT2D eigenvalue weighted by Gasteiger charge is 2.34. The van der Waals surface area contributed by atoms with Crippen LogP contribution < -0.4 is 10.1 Å². The Balaban J connectivity index is 1.78. The van der Waals surface area contributed by atoms with E-state index in [9.17, 15) is 28.1 Å². The van der Waals surface area contributed by atoms with E-state index >= 15 is 0 Å². The van der Waals surface area contributed by atoms with E-state index in [2.05, 4.69) is 25.2 Å². The van der Waals surface area contributed by atoms with Crippen LogP contribution in [-0.2, 0) is 0 Å². The molecule has 2 aromatic carbocycles. The Morgan fingerprint density at radius 1 is 1.10 bits per heavy atom. The maximum atomic E-state index is 12.3. The number of nitrogens with one attached hydrogen (secondary N) is 1. The number of ether oxygens (including phenoxy) is 1. The van der Waals surface area contributed by atoms with Crippen molar-refractivity contribution in [1.82, 2.24) is 15.2 Å². The lowest BCUT2D eigenvalue weighted by atomic mass is 10.1. The fraction of sp³-hybridized carbons (Fsp3) is 0.0588. The van der Waals surface area contributed by atoms with E-state index in [1.54, 1.807) is 24.3 Å². The molecule has 1 amide bonds. The summed E-state index contributed by atoms with van der Waals surface area (Å²) in [6.45, 7) is 0. The van der Waals surface area contributed by atoms with Gasteiger partial charge in [0.05, 0.1) is 11.1 Å². The fourth-order valence-electron chi connectivity index (χ4n) is 2.26. The van der Waals surface area contributed by atoms with Crippen LogP contribution in [-0.4, -0.2) is 32.4 Å². The van der Waals surface area contributed by atoms with Gasteiger partial charge in [-0.1, -0.05) is 30.3 Å². The SMILES string of the molecule is O=C(Nc1ncc(-c2ccccc2)nn1)c1ccc(OC(F)(F)F)c([N+](=O)[O-])c1. The molecule has 1 aromatic heterocycles. The molecule has 1 N–H and O–H groups in total. The maximum absolute atomic E-state index is 12.3. The summed E-state index contributed by atoms with van der Waals surface area (Å²) in [5.74, 6) is -2.10. The van der Waals surface area contributed by atoms with Crippen LogP contribution in [0.1, 0.15) is 10.4 Å². The summed E-state index contributed by atoms with van der Waals surface area (Å²) < 4.78 is 40.6. The first-order chi connectivity index (χ1) is 13.7. The number of nitro groups is 1. The van der Waals surface area contributed by atoms with Gasteiger partial charge in [0, 0.05) is 17.2 Å². The Kier molecular flexibility index (Phi) is 5.34. The lowest BCUT2D eigenvalue weighted by Gasteiger charge is -2.10. The molecule has 0 radical (unpaired) electrons. The summed E-state index contributed by atoms with van der Waals surface area (Å²) >= 11 is 0. The summed E-state index contributed by atoms with van der Waals surface area (Å²) in [5.41, 5.74) is -0.107. The molecule has 1 heterocycles. The third kappa shape index (κ3) is 5.00. The molecule has 148 valence electrons. The van der Waals surface area contributed by atoms with Crippen molar-refractivity contribution in [2.75, 3.05) is 5.32 Å². The number of alkyl halides is 3. The van der Waals surface area contributed by atoms with Crippen LogP contribution in [0.5, 0.6) is 5.75 Å². The monoisotopic (exact) mass is 405 g/mol. The Bertz CT molecular complexity index is 1040. The third-order valence-electron chi connectivity index (χ3n) is 3.50. The molecule has 12 heteroatoms. The van der Waals surface area contributed by atoms with Gasteiger partial charge in [0.25, 0.3) is 5.91 Å². The standard InChI is InChI=1S/C17H10F3N5O4/c18-17(19,20)29-14-7-6-11(8-13(14)25(27)28)15(26)22-16-21-9-12(23-24-16)10-4-2-1-3-5-10/h1-9H,(H,21,22,24,26). The number of hydrogen-bond donors (Lipinski definition) is 1. The lowest BCUT2D eigenvalue weighted by molar-refractivity contribution is -0.388. The van der Waals surface area contributed by atoms with Gasteiger partial charge in [-0.15, -0.1) is 23.4 Å². The average molecular weight is 405 g/mol. The first-order valence-corrected chi connectivity index (χ1v) is 7.83. The number of halogens is 3. The molecule has 0 saturated carbocycles. The quantitative estimate of drug-likeness (QED) is 0.509. The molecule has 3 aromatic rings. The highest BCUT2D eigenvalue weighted by molar-refractivity contribution is 6.03.